The Hall–Kier alpha value is -5.84. The van der Waals surface area contributed by atoms with Crippen LogP contribution in [0.1, 0.15) is 0 Å². The van der Waals surface area contributed by atoms with Crippen LogP contribution in [0.25, 0.3) is 88.8 Å². The normalized spacial score (nSPS) is 11.6. The summed E-state index contributed by atoms with van der Waals surface area (Å²) < 4.78 is 6.25. The van der Waals surface area contributed by atoms with Gasteiger partial charge in [0, 0.05) is 27.5 Å². The molecule has 0 amide bonds. The zero-order valence-electron chi connectivity index (χ0n) is 24.5. The quantitative estimate of drug-likeness (QED) is 0.186. The maximum absolute atomic E-state index is 6.56. The maximum atomic E-state index is 6.56. The summed E-state index contributed by atoms with van der Waals surface area (Å²) in [7, 11) is 0. The number of rotatable bonds is 4. The minimum Gasteiger partial charge on any atom is -0.454 e. The molecule has 2 aromatic heterocycles. The first kappa shape index (κ1) is 26.6. The number of hydrogen-bond donors (Lipinski definition) is 0. The van der Waals surface area contributed by atoms with Crippen molar-refractivity contribution in [2.75, 3.05) is 0 Å². The molecule has 9 aromatic rings. The topological polar surface area (TPSA) is 51.8 Å². The summed E-state index contributed by atoms with van der Waals surface area (Å²) in [5.74, 6) is 1.84. The standard InChI is InChI=1S/C41H24ClN3O/c42-35-22-10-21-33-37-31(20-11-23-36(37)46-38(33)35)30-18-8-9-19-32(30)40-43-39(25-12-2-1-3-13-25)44-41(45-40)34-24-26-14-4-5-15-27(26)28-16-6-7-17-29(28)34/h1-24H. The van der Waals surface area contributed by atoms with Crippen LogP contribution in [0.2, 0.25) is 5.02 Å². The first-order valence-corrected chi connectivity index (χ1v) is 15.5. The fourth-order valence-corrected chi connectivity index (χ4v) is 6.74. The van der Waals surface area contributed by atoms with Crippen molar-refractivity contribution in [3.63, 3.8) is 0 Å². The van der Waals surface area contributed by atoms with E-state index in [1.165, 1.54) is 5.39 Å². The fraction of sp³-hybridized carbons (Fsp3) is 0. The molecule has 0 atom stereocenters. The molecule has 0 aliphatic carbocycles. The maximum Gasteiger partial charge on any atom is 0.164 e. The van der Waals surface area contributed by atoms with Crippen molar-refractivity contribution < 1.29 is 4.42 Å². The van der Waals surface area contributed by atoms with Crippen LogP contribution in [-0.4, -0.2) is 15.0 Å². The third kappa shape index (κ3) is 4.26. The molecule has 7 aromatic carbocycles. The van der Waals surface area contributed by atoms with Gasteiger partial charge < -0.3 is 4.42 Å². The summed E-state index contributed by atoms with van der Waals surface area (Å²) in [5, 5.41) is 7.16. The van der Waals surface area contributed by atoms with Crippen LogP contribution >= 0.6 is 11.6 Å². The van der Waals surface area contributed by atoms with E-state index in [-0.39, 0.29) is 0 Å². The predicted molar refractivity (Wildman–Crippen MR) is 189 cm³/mol. The molecule has 0 aliphatic rings. The van der Waals surface area contributed by atoms with Gasteiger partial charge >= 0.3 is 0 Å². The van der Waals surface area contributed by atoms with Crippen molar-refractivity contribution in [1.29, 1.82) is 0 Å². The van der Waals surface area contributed by atoms with Gasteiger partial charge in [0.25, 0.3) is 0 Å². The molecule has 0 N–H and O–H groups in total. The minimum absolute atomic E-state index is 0.588. The van der Waals surface area contributed by atoms with E-state index >= 15 is 0 Å². The van der Waals surface area contributed by atoms with Crippen LogP contribution in [-0.2, 0) is 0 Å². The van der Waals surface area contributed by atoms with Gasteiger partial charge in [-0.1, -0.05) is 139 Å². The van der Waals surface area contributed by atoms with Crippen molar-refractivity contribution in [2.45, 2.75) is 0 Å². The molecule has 0 bridgehead atoms. The number of para-hydroxylation sites is 1. The van der Waals surface area contributed by atoms with Crippen molar-refractivity contribution in [3.05, 3.63) is 151 Å². The smallest absolute Gasteiger partial charge is 0.164 e. The van der Waals surface area contributed by atoms with E-state index in [4.69, 9.17) is 31.0 Å². The lowest BCUT2D eigenvalue weighted by molar-refractivity contribution is 0.669. The summed E-state index contributed by atoms with van der Waals surface area (Å²) >= 11 is 6.56. The van der Waals surface area contributed by atoms with Crippen LogP contribution in [0.4, 0.5) is 0 Å². The summed E-state index contributed by atoms with van der Waals surface area (Å²) in [4.78, 5) is 15.4. The van der Waals surface area contributed by atoms with E-state index in [1.54, 1.807) is 0 Å². The number of halogens is 1. The number of benzene rings is 7. The average molecular weight is 610 g/mol. The number of furan rings is 1. The lowest BCUT2D eigenvalue weighted by atomic mass is 9.94. The lowest BCUT2D eigenvalue weighted by Crippen LogP contribution is -2.01. The molecule has 46 heavy (non-hydrogen) atoms. The second-order valence-electron chi connectivity index (χ2n) is 11.3. The molecular weight excluding hydrogens is 586 g/mol. The predicted octanol–water partition coefficient (Wildman–Crippen LogP) is 11.4. The molecule has 0 saturated carbocycles. The second kappa shape index (κ2) is 10.7. The molecule has 4 nitrogen and oxygen atoms in total. The average Bonchev–Trinajstić information content (AvgIpc) is 3.52. The Morgan fingerprint density at radius 3 is 1.89 bits per heavy atom. The first-order valence-electron chi connectivity index (χ1n) is 15.1. The van der Waals surface area contributed by atoms with Crippen molar-refractivity contribution in [2.24, 2.45) is 0 Å². The summed E-state index contributed by atoms with van der Waals surface area (Å²) in [5.41, 5.74) is 6.26. The van der Waals surface area contributed by atoms with Gasteiger partial charge in [-0.3, -0.25) is 0 Å². The SMILES string of the molecule is Clc1cccc2c1oc1cccc(-c3ccccc3-c3nc(-c4ccccc4)nc(-c4cc5ccccc5c5ccccc45)n3)c12. The highest BCUT2D eigenvalue weighted by Gasteiger charge is 2.20. The van der Waals surface area contributed by atoms with Crippen LogP contribution in [0.3, 0.4) is 0 Å². The third-order valence-electron chi connectivity index (χ3n) is 8.61. The molecule has 0 aliphatic heterocycles. The van der Waals surface area contributed by atoms with Crippen molar-refractivity contribution in [1.82, 2.24) is 15.0 Å². The van der Waals surface area contributed by atoms with E-state index in [0.29, 0.717) is 28.1 Å². The van der Waals surface area contributed by atoms with Gasteiger partial charge in [-0.05, 0) is 50.9 Å². The molecular formula is C41H24ClN3O. The Bertz CT molecular complexity index is 2610. The van der Waals surface area contributed by atoms with Crippen LogP contribution < -0.4 is 0 Å². The summed E-state index contributed by atoms with van der Waals surface area (Å²) in [6.07, 6.45) is 0. The number of hydrogen-bond acceptors (Lipinski definition) is 4. The number of fused-ring (bicyclic) bond motifs is 6. The second-order valence-corrected chi connectivity index (χ2v) is 11.7. The van der Waals surface area contributed by atoms with Gasteiger partial charge in [-0.25, -0.2) is 15.0 Å². The molecule has 0 spiro atoms. The molecule has 0 radical (unpaired) electrons. The van der Waals surface area contributed by atoms with E-state index in [1.807, 2.05) is 66.7 Å². The Kier molecular flexibility index (Phi) is 6.15. The van der Waals surface area contributed by atoms with Crippen LogP contribution in [0, 0.1) is 0 Å². The van der Waals surface area contributed by atoms with Gasteiger partial charge in [-0.2, -0.15) is 0 Å². The van der Waals surface area contributed by atoms with Crippen LogP contribution in [0.15, 0.2) is 150 Å². The molecule has 0 unspecified atom stereocenters. The first-order chi connectivity index (χ1) is 22.7. The zero-order chi connectivity index (χ0) is 30.6. The fourth-order valence-electron chi connectivity index (χ4n) is 6.52. The van der Waals surface area contributed by atoms with E-state index < -0.39 is 0 Å². The Morgan fingerprint density at radius 1 is 0.435 bits per heavy atom. The van der Waals surface area contributed by atoms with Gasteiger partial charge in [0.1, 0.15) is 5.58 Å². The Balaban J connectivity index is 1.33. The van der Waals surface area contributed by atoms with E-state index in [0.717, 1.165) is 60.3 Å². The Labute approximate surface area is 269 Å². The molecule has 2 heterocycles. The highest BCUT2D eigenvalue weighted by Crippen LogP contribution is 2.42. The van der Waals surface area contributed by atoms with E-state index in [9.17, 15) is 0 Å². The van der Waals surface area contributed by atoms with Crippen molar-refractivity contribution in [3.8, 4) is 45.3 Å². The van der Waals surface area contributed by atoms with Crippen LogP contribution in [0.5, 0.6) is 0 Å². The van der Waals surface area contributed by atoms with Gasteiger partial charge in [0.15, 0.2) is 23.1 Å². The number of nitrogens with zero attached hydrogens (tertiary/aromatic N) is 3. The van der Waals surface area contributed by atoms with E-state index in [2.05, 4.69) is 78.9 Å². The van der Waals surface area contributed by atoms with Crippen molar-refractivity contribution >= 4 is 55.1 Å². The number of aromatic nitrogens is 3. The monoisotopic (exact) mass is 609 g/mol. The minimum atomic E-state index is 0.588. The molecule has 9 rings (SSSR count). The lowest BCUT2D eigenvalue weighted by Gasteiger charge is -2.14. The molecule has 216 valence electrons. The molecule has 5 heteroatoms. The molecule has 0 fully saturated rings. The van der Waals surface area contributed by atoms with Gasteiger partial charge in [0.2, 0.25) is 0 Å². The highest BCUT2D eigenvalue weighted by atomic mass is 35.5. The van der Waals surface area contributed by atoms with Gasteiger partial charge in [-0.15, -0.1) is 0 Å². The third-order valence-corrected chi connectivity index (χ3v) is 8.91. The molecule has 0 saturated heterocycles. The highest BCUT2D eigenvalue weighted by molar-refractivity contribution is 6.36. The Morgan fingerprint density at radius 2 is 1.04 bits per heavy atom. The summed E-state index contributed by atoms with van der Waals surface area (Å²) in [6.45, 7) is 0. The summed E-state index contributed by atoms with van der Waals surface area (Å²) in [6, 6.07) is 49.5. The zero-order valence-corrected chi connectivity index (χ0v) is 25.2. The van der Waals surface area contributed by atoms with Gasteiger partial charge in [0.05, 0.1) is 5.02 Å². The largest absolute Gasteiger partial charge is 0.454 e.